The minimum absolute atomic E-state index is 0.0978. The van der Waals surface area contributed by atoms with Crippen LogP contribution in [0.1, 0.15) is 136 Å². The van der Waals surface area contributed by atoms with Gasteiger partial charge in [0.2, 0.25) is 0 Å². The van der Waals surface area contributed by atoms with Crippen LogP contribution in [0.15, 0.2) is 33.0 Å². The zero-order chi connectivity index (χ0) is 41.3. The molecule has 0 aliphatic heterocycles. The van der Waals surface area contributed by atoms with Crippen molar-refractivity contribution < 1.29 is 25.9 Å². The number of nitrogens with zero attached hydrogens (tertiary/aromatic N) is 6. The van der Waals surface area contributed by atoms with Gasteiger partial charge in [-0.05, 0) is 54.8 Å². The van der Waals surface area contributed by atoms with E-state index in [2.05, 4.69) is 15.0 Å². The van der Waals surface area contributed by atoms with Gasteiger partial charge >= 0.3 is 31.8 Å². The summed E-state index contributed by atoms with van der Waals surface area (Å²) in [5.41, 5.74) is 0.00936. The molecule has 306 valence electrons. The maximum atomic E-state index is 14.4. The van der Waals surface area contributed by atoms with E-state index in [0.717, 1.165) is 14.2 Å². The Hall–Kier alpha value is -3.55. The lowest BCUT2D eigenvalue weighted by atomic mass is 10.0. The quantitative estimate of drug-likeness (QED) is 0.138. The lowest BCUT2D eigenvalue weighted by Crippen LogP contribution is -2.56. The highest BCUT2D eigenvalue weighted by molar-refractivity contribution is 6.37. The highest BCUT2D eigenvalue weighted by Gasteiger charge is 2.51. The van der Waals surface area contributed by atoms with Crippen LogP contribution >= 0.6 is 0 Å². The Bertz CT molecular complexity index is 1660. The van der Waals surface area contributed by atoms with Crippen LogP contribution in [0.25, 0.3) is 0 Å². The first-order chi connectivity index (χ1) is 25.9. The second-order valence-electron chi connectivity index (χ2n) is 16.3. The lowest BCUT2D eigenvalue weighted by molar-refractivity contribution is 0.0352. The molecule has 3 heterocycles. The van der Waals surface area contributed by atoms with Crippen LogP contribution in [0.3, 0.4) is 0 Å². The van der Waals surface area contributed by atoms with Crippen LogP contribution in [-0.4, -0.2) is 65.6 Å². The summed E-state index contributed by atoms with van der Waals surface area (Å²) in [4.78, 5) is 56.8. The van der Waals surface area contributed by atoms with E-state index in [9.17, 15) is 14.4 Å². The molecular formula is C39H63AlN6O9. The first-order valence-electron chi connectivity index (χ1n) is 19.3. The highest BCUT2D eigenvalue weighted by atomic mass is 27.3. The van der Waals surface area contributed by atoms with E-state index in [1.165, 1.54) is 21.3 Å². The second kappa shape index (κ2) is 20.6. The van der Waals surface area contributed by atoms with E-state index in [1.807, 2.05) is 83.1 Å². The third-order valence-electron chi connectivity index (χ3n) is 8.86. The average Bonchev–Trinajstić information content (AvgIpc) is 3.08. The Labute approximate surface area is 330 Å². The molecule has 55 heavy (non-hydrogen) atoms. The van der Waals surface area contributed by atoms with Crippen LogP contribution in [0.2, 0.25) is 0 Å². The summed E-state index contributed by atoms with van der Waals surface area (Å²) in [6.45, 7) is 23.6. The monoisotopic (exact) mass is 786 g/mol. The average molecular weight is 787 g/mol. The van der Waals surface area contributed by atoms with Crippen LogP contribution in [0, 0.1) is 35.5 Å². The normalized spacial score (nSPS) is 13.7. The van der Waals surface area contributed by atoms with Crippen molar-refractivity contribution in [1.29, 1.82) is 0 Å². The van der Waals surface area contributed by atoms with Gasteiger partial charge in [-0.25, -0.2) is 0 Å². The van der Waals surface area contributed by atoms with Crippen molar-refractivity contribution in [1.82, 2.24) is 29.1 Å². The molecule has 0 saturated heterocycles. The van der Waals surface area contributed by atoms with Gasteiger partial charge in [0.05, 0.1) is 35.7 Å². The molecule has 0 spiro atoms. The highest BCUT2D eigenvalue weighted by Crippen LogP contribution is 2.23. The van der Waals surface area contributed by atoms with Gasteiger partial charge in [0, 0.05) is 21.3 Å². The molecule has 0 amide bonds. The molecule has 0 saturated carbocycles. The molecule has 15 nitrogen and oxygen atoms in total. The van der Waals surface area contributed by atoms with Crippen molar-refractivity contribution in [2.45, 2.75) is 121 Å². The summed E-state index contributed by atoms with van der Waals surface area (Å²) in [5.74, 6) is 0.00436. The number of hydrogen-bond acceptors (Lipinski definition) is 12. The lowest BCUT2D eigenvalue weighted by Gasteiger charge is -2.26. The molecule has 3 unspecified atom stereocenters. The van der Waals surface area contributed by atoms with Gasteiger partial charge in [0.15, 0.2) is 0 Å². The Kier molecular flexibility index (Phi) is 17.1. The molecule has 0 aliphatic rings. The minimum Gasteiger partial charge on any atom is -0.481 e. The second-order valence-corrected chi connectivity index (χ2v) is 17.5. The summed E-state index contributed by atoms with van der Waals surface area (Å²) in [7, 11) is 4.56. The van der Waals surface area contributed by atoms with Crippen molar-refractivity contribution in [3.63, 3.8) is 0 Å². The molecule has 16 heteroatoms. The molecule has 3 rings (SSSR count). The van der Waals surface area contributed by atoms with Gasteiger partial charge in [-0.1, -0.05) is 83.1 Å². The van der Waals surface area contributed by atoms with Crippen molar-refractivity contribution in [2.24, 2.45) is 35.5 Å². The maximum absolute atomic E-state index is 14.4. The molecule has 3 aromatic heterocycles. The number of hydrogen-bond donors (Lipinski definition) is 0. The van der Waals surface area contributed by atoms with E-state index >= 15 is 0 Å². The topological polar surface area (TPSA) is 160 Å². The summed E-state index contributed by atoms with van der Waals surface area (Å²) >= 11 is -3.89. The summed E-state index contributed by atoms with van der Waals surface area (Å²) < 4.78 is 40.2. The Morgan fingerprint density at radius 1 is 0.473 bits per heavy atom. The third kappa shape index (κ3) is 11.5. The smallest absolute Gasteiger partial charge is 0.481 e. The van der Waals surface area contributed by atoms with Gasteiger partial charge in [-0.3, -0.25) is 29.3 Å². The van der Waals surface area contributed by atoms with Crippen molar-refractivity contribution in [3.8, 4) is 0 Å². The molecule has 0 aliphatic carbocycles. The van der Waals surface area contributed by atoms with Gasteiger partial charge in [0.25, 0.3) is 0 Å². The fourth-order valence-electron chi connectivity index (χ4n) is 6.47. The molecule has 0 aromatic carbocycles. The van der Waals surface area contributed by atoms with Gasteiger partial charge in [0.1, 0.15) is 35.4 Å². The van der Waals surface area contributed by atoms with Crippen molar-refractivity contribution in [2.75, 3.05) is 21.3 Å². The number of ether oxygens (including phenoxy) is 3. The van der Waals surface area contributed by atoms with Crippen LogP contribution in [-0.2, 0) is 33.5 Å². The largest absolute Gasteiger partial charge is 1.26 e. The SMILES string of the molecule is COC(c1ncc(CC(C)C)n([O][Al]([O]n2c(CC(C)C)cnc(C(OC)C(C)C)c2=O)[O]n2c(CC(C)C)cnc(C(OC)C(C)C)c2=O)c1=O)C(C)C. The summed E-state index contributed by atoms with van der Waals surface area (Å²) in [5, 5.41) is 0. The number of rotatable bonds is 21. The van der Waals surface area contributed by atoms with E-state index in [-0.39, 0.29) is 52.6 Å². The molecule has 3 aromatic rings. The first kappa shape index (κ1) is 45.8. The Morgan fingerprint density at radius 2 is 0.709 bits per heavy atom. The minimum atomic E-state index is -3.89. The first-order valence-corrected chi connectivity index (χ1v) is 20.7. The Morgan fingerprint density at radius 3 is 0.891 bits per heavy atom. The summed E-state index contributed by atoms with van der Waals surface area (Å²) in [6, 6.07) is 0. The zero-order valence-corrected chi connectivity index (χ0v) is 36.6. The Balaban J connectivity index is 2.44. The molecule has 0 bridgehead atoms. The molecular weight excluding hydrogens is 723 g/mol. The standard InChI is InChI=1S/3C13H21N2O3.Al/c3*1-8(2)6-10-7-14-11(13(16)15(10)17)12(18-5)9(3)4;/h3*7-9,12H,6H2,1-5H3;/q3*-1;+3. The van der Waals surface area contributed by atoms with E-state index in [0.29, 0.717) is 36.3 Å². The number of aromatic nitrogens is 6. The molecule has 3 atom stereocenters. The van der Waals surface area contributed by atoms with Crippen molar-refractivity contribution in [3.05, 3.63) is 83.8 Å². The zero-order valence-electron chi connectivity index (χ0n) is 35.5. The third-order valence-corrected chi connectivity index (χ3v) is 10.0. The van der Waals surface area contributed by atoms with E-state index in [1.54, 1.807) is 18.6 Å². The van der Waals surface area contributed by atoms with Gasteiger partial charge in [-0.15, -0.1) is 0 Å². The molecule has 0 fully saturated rings. The predicted molar refractivity (Wildman–Crippen MR) is 210 cm³/mol. The van der Waals surface area contributed by atoms with Crippen LogP contribution in [0.4, 0.5) is 0 Å². The van der Waals surface area contributed by atoms with Gasteiger partial charge in [-0.2, -0.15) is 14.2 Å². The van der Waals surface area contributed by atoms with Gasteiger partial charge < -0.3 is 25.9 Å². The fourth-order valence-corrected chi connectivity index (χ4v) is 7.79. The van der Waals surface area contributed by atoms with Crippen LogP contribution < -0.4 is 28.3 Å². The molecule has 0 radical (unpaired) electrons. The maximum Gasteiger partial charge on any atom is 1.26 e. The van der Waals surface area contributed by atoms with Crippen LogP contribution in [0.5, 0.6) is 0 Å². The fraction of sp³-hybridized carbons (Fsp3) is 0.692. The van der Waals surface area contributed by atoms with Crippen molar-refractivity contribution >= 4 is 15.1 Å². The number of methoxy groups -OCH3 is 3. The predicted octanol–water partition coefficient (Wildman–Crippen LogP) is 4.65. The van der Waals surface area contributed by atoms with E-state index in [4.69, 9.17) is 25.9 Å². The molecule has 0 N–H and O–H groups in total. The van der Waals surface area contributed by atoms with E-state index < -0.39 is 50.1 Å². The summed E-state index contributed by atoms with van der Waals surface area (Å²) in [6.07, 6.45) is 4.03.